The molecular weight excluding hydrogens is 593 g/mol. The number of fused-ring (bicyclic) bond motifs is 1. The van der Waals surface area contributed by atoms with E-state index in [1.807, 2.05) is 13.0 Å². The highest BCUT2D eigenvalue weighted by Gasteiger charge is 2.18. The summed E-state index contributed by atoms with van der Waals surface area (Å²) >= 11 is 6.27. The summed E-state index contributed by atoms with van der Waals surface area (Å²) in [5.74, 6) is -0.0907. The van der Waals surface area contributed by atoms with Crippen molar-refractivity contribution in [2.75, 3.05) is 19.6 Å². The lowest BCUT2D eigenvalue weighted by molar-refractivity contribution is 0.479. The molecule has 4 rings (SSSR count). The van der Waals surface area contributed by atoms with Crippen molar-refractivity contribution in [1.82, 2.24) is 24.8 Å². The third-order valence-electron chi connectivity index (χ3n) is 7.60. The number of aliphatic imine (C=N–C) groups is 1. The molecule has 45 heavy (non-hydrogen) atoms. The van der Waals surface area contributed by atoms with Gasteiger partial charge in [0, 0.05) is 29.7 Å². The number of halogens is 2. The van der Waals surface area contributed by atoms with Gasteiger partial charge in [-0.25, -0.2) is 9.18 Å². The lowest BCUT2D eigenvalue weighted by Gasteiger charge is -2.20. The number of H-pyrrole nitrogens is 1. The molecule has 2 unspecified atom stereocenters. The first-order valence-corrected chi connectivity index (χ1v) is 15.7. The smallest absolute Gasteiger partial charge is 0.354 e. The summed E-state index contributed by atoms with van der Waals surface area (Å²) in [6.45, 7) is 9.64. The number of rotatable bonds is 16. The zero-order chi connectivity index (χ0) is 32.5. The van der Waals surface area contributed by atoms with Crippen LogP contribution in [0.25, 0.3) is 34.1 Å². The minimum atomic E-state index is -0.535. The SMILES string of the molecule is C=Cc1cc(-n2cc3cc(-c4cc(CCCC(C)N)cc(Cl)c4F)[nH]c3nc2=O)cnc1C(CCC)NCCCN=C(N)CN. The molecule has 4 aromatic rings. The molecule has 8 N–H and O–H groups in total. The van der Waals surface area contributed by atoms with Gasteiger partial charge in [-0.15, -0.1) is 0 Å². The summed E-state index contributed by atoms with van der Waals surface area (Å²) in [7, 11) is 0. The van der Waals surface area contributed by atoms with E-state index in [-0.39, 0.29) is 23.7 Å². The van der Waals surface area contributed by atoms with Crippen LogP contribution in [0.5, 0.6) is 0 Å². The molecule has 2 atom stereocenters. The summed E-state index contributed by atoms with van der Waals surface area (Å²) in [6.07, 6.45) is 10.1. The molecule has 3 heterocycles. The van der Waals surface area contributed by atoms with Gasteiger partial charge < -0.3 is 27.5 Å². The number of pyridine rings is 1. The highest BCUT2D eigenvalue weighted by Crippen LogP contribution is 2.31. The predicted molar refractivity (Wildman–Crippen MR) is 182 cm³/mol. The molecule has 0 saturated heterocycles. The van der Waals surface area contributed by atoms with Crippen molar-refractivity contribution >= 4 is 34.5 Å². The van der Waals surface area contributed by atoms with E-state index in [1.54, 1.807) is 36.7 Å². The molecule has 10 nitrogen and oxygen atoms in total. The van der Waals surface area contributed by atoms with Gasteiger partial charge in [0.15, 0.2) is 5.82 Å². The van der Waals surface area contributed by atoms with Gasteiger partial charge in [0.05, 0.1) is 40.9 Å². The van der Waals surface area contributed by atoms with Crippen molar-refractivity contribution in [1.29, 1.82) is 0 Å². The Balaban J connectivity index is 1.61. The number of benzene rings is 1. The van der Waals surface area contributed by atoms with Crippen LogP contribution in [0.4, 0.5) is 4.39 Å². The van der Waals surface area contributed by atoms with Crippen LogP contribution < -0.4 is 28.2 Å². The number of amidine groups is 1. The van der Waals surface area contributed by atoms with E-state index in [9.17, 15) is 4.79 Å². The standard InChI is InChI=1S/C33H43ClFN9O/c1-4-8-27(39-11-7-12-40-29(38)17-36)31-22(5-2)15-24(18-41-31)44-19-23-16-28(42-32(23)43-33(44)45)25-13-21(10-6-9-20(3)37)14-26(34)30(25)35/h5,13-16,18-20,27,39H,2,4,6-12,17,36-37H2,1,3H3,(H2,38,40)(H,42,43,45). The molecule has 1 aromatic carbocycles. The number of nitrogens with zero attached hydrogens (tertiary/aromatic N) is 4. The molecule has 0 amide bonds. The molecule has 0 fully saturated rings. The van der Waals surface area contributed by atoms with E-state index in [0.29, 0.717) is 40.4 Å². The highest BCUT2D eigenvalue weighted by molar-refractivity contribution is 6.31. The van der Waals surface area contributed by atoms with Crippen molar-refractivity contribution in [3.63, 3.8) is 0 Å². The summed E-state index contributed by atoms with van der Waals surface area (Å²) in [4.78, 5) is 29.5. The molecule has 0 spiro atoms. The van der Waals surface area contributed by atoms with Gasteiger partial charge in [0.1, 0.15) is 11.5 Å². The van der Waals surface area contributed by atoms with Crippen LogP contribution in [0.1, 0.15) is 68.8 Å². The van der Waals surface area contributed by atoms with Crippen molar-refractivity contribution in [3.8, 4) is 16.9 Å². The van der Waals surface area contributed by atoms with Gasteiger partial charge in [0.2, 0.25) is 0 Å². The predicted octanol–water partition coefficient (Wildman–Crippen LogP) is 5.02. The van der Waals surface area contributed by atoms with Crippen LogP contribution in [-0.4, -0.2) is 51.0 Å². The van der Waals surface area contributed by atoms with Crippen LogP contribution in [0.3, 0.4) is 0 Å². The van der Waals surface area contributed by atoms with Gasteiger partial charge in [-0.1, -0.05) is 37.6 Å². The maximum absolute atomic E-state index is 15.2. The quantitative estimate of drug-likeness (QED) is 0.0655. The molecule has 0 bridgehead atoms. The second-order valence-corrected chi connectivity index (χ2v) is 11.7. The van der Waals surface area contributed by atoms with E-state index in [0.717, 1.165) is 61.9 Å². The lowest BCUT2D eigenvalue weighted by atomic mass is 10.0. The molecule has 0 aliphatic carbocycles. The van der Waals surface area contributed by atoms with E-state index in [4.69, 9.17) is 33.8 Å². The summed E-state index contributed by atoms with van der Waals surface area (Å²) in [5.41, 5.74) is 20.8. The molecule has 0 radical (unpaired) electrons. The van der Waals surface area contributed by atoms with Crippen LogP contribution in [-0.2, 0) is 6.42 Å². The molecular formula is C33H43ClFN9O. The molecule has 240 valence electrons. The Labute approximate surface area is 268 Å². The summed E-state index contributed by atoms with van der Waals surface area (Å²) < 4.78 is 16.6. The third-order valence-corrected chi connectivity index (χ3v) is 7.88. The largest absolute Gasteiger partial charge is 0.386 e. The Morgan fingerprint density at radius 2 is 2.07 bits per heavy atom. The fraction of sp³-hybridized carbons (Fsp3) is 0.394. The van der Waals surface area contributed by atoms with Gasteiger partial charge >= 0.3 is 5.69 Å². The van der Waals surface area contributed by atoms with E-state index < -0.39 is 11.5 Å². The normalized spacial score (nSPS) is 13.3. The Hall–Kier alpha value is -3.90. The van der Waals surface area contributed by atoms with Crippen molar-refractivity contribution < 1.29 is 4.39 Å². The number of nitrogens with two attached hydrogens (primary N) is 3. The lowest BCUT2D eigenvalue weighted by Crippen LogP contribution is -2.26. The first-order chi connectivity index (χ1) is 21.6. The number of aromatic amines is 1. The van der Waals surface area contributed by atoms with Gasteiger partial charge in [0.25, 0.3) is 0 Å². The van der Waals surface area contributed by atoms with Crippen molar-refractivity contribution in [3.05, 3.63) is 81.4 Å². The Kier molecular flexibility index (Phi) is 12.0. The van der Waals surface area contributed by atoms with E-state index in [2.05, 4.69) is 33.8 Å². The molecule has 0 aliphatic rings. The number of hydrogen-bond donors (Lipinski definition) is 5. The second-order valence-electron chi connectivity index (χ2n) is 11.3. The van der Waals surface area contributed by atoms with Gasteiger partial charge in [-0.05, 0) is 81.0 Å². The van der Waals surface area contributed by atoms with Crippen LogP contribution >= 0.6 is 11.6 Å². The molecule has 3 aromatic heterocycles. The highest BCUT2D eigenvalue weighted by atomic mass is 35.5. The second kappa shape index (κ2) is 15.9. The zero-order valence-corrected chi connectivity index (χ0v) is 26.7. The topological polar surface area (TPSA) is 166 Å². The summed E-state index contributed by atoms with van der Waals surface area (Å²) in [6, 6.07) is 7.15. The number of hydrogen-bond acceptors (Lipinski definition) is 7. The Morgan fingerprint density at radius 3 is 2.78 bits per heavy atom. The third kappa shape index (κ3) is 8.64. The van der Waals surface area contributed by atoms with Crippen molar-refractivity contribution in [2.45, 2.75) is 64.5 Å². The van der Waals surface area contributed by atoms with Crippen LogP contribution in [0.2, 0.25) is 5.02 Å². The van der Waals surface area contributed by atoms with E-state index in [1.165, 1.54) is 4.57 Å². The number of nitrogens with one attached hydrogen (secondary N) is 2. The maximum Gasteiger partial charge on any atom is 0.354 e. The fourth-order valence-corrected chi connectivity index (χ4v) is 5.51. The average Bonchev–Trinajstić information content (AvgIpc) is 3.43. The first-order valence-electron chi connectivity index (χ1n) is 15.4. The average molecular weight is 636 g/mol. The Bertz CT molecular complexity index is 1710. The molecule has 12 heteroatoms. The molecule has 0 saturated carbocycles. The number of aromatic nitrogens is 4. The fourth-order valence-electron chi connectivity index (χ4n) is 5.27. The van der Waals surface area contributed by atoms with Crippen molar-refractivity contribution in [2.24, 2.45) is 22.2 Å². The van der Waals surface area contributed by atoms with Crippen LogP contribution in [0, 0.1) is 5.82 Å². The molecule has 0 aliphatic heterocycles. The van der Waals surface area contributed by atoms with Crippen LogP contribution in [0.15, 0.2) is 53.0 Å². The number of aryl methyl sites for hydroxylation is 1. The minimum absolute atomic E-state index is 0.00589. The van der Waals surface area contributed by atoms with Gasteiger partial charge in [-0.3, -0.25) is 14.5 Å². The van der Waals surface area contributed by atoms with Gasteiger partial charge in [-0.2, -0.15) is 4.98 Å². The first kappa shape index (κ1) is 34.0. The maximum atomic E-state index is 15.2. The Morgan fingerprint density at radius 1 is 1.27 bits per heavy atom. The van der Waals surface area contributed by atoms with E-state index >= 15 is 4.39 Å². The summed E-state index contributed by atoms with van der Waals surface area (Å²) in [5, 5.41) is 4.24. The minimum Gasteiger partial charge on any atom is -0.386 e. The monoisotopic (exact) mass is 635 g/mol. The zero-order valence-electron chi connectivity index (χ0n) is 26.0.